The number of amidine groups is 1. The molecule has 1 aliphatic rings. The molecule has 6 heteroatoms. The number of hydrogen-bond donors (Lipinski definition) is 3. The van der Waals surface area contributed by atoms with Crippen molar-refractivity contribution in [3.63, 3.8) is 0 Å². The molecule has 1 fully saturated rings. The van der Waals surface area contributed by atoms with Crippen LogP contribution in [-0.4, -0.2) is 28.0 Å². The van der Waals surface area contributed by atoms with Crippen molar-refractivity contribution in [3.05, 3.63) is 29.6 Å². The minimum absolute atomic E-state index is 0.0208. The van der Waals surface area contributed by atoms with Crippen LogP contribution in [-0.2, 0) is 0 Å². The quantitative estimate of drug-likeness (QED) is 0.341. The molecule has 1 amide bonds. The Balaban J connectivity index is 1.97. The molecule has 1 heterocycles. The minimum Gasteiger partial charge on any atom is -0.409 e. The molecule has 1 aromatic heterocycles. The predicted molar refractivity (Wildman–Crippen MR) is 80.3 cm³/mol. The van der Waals surface area contributed by atoms with Gasteiger partial charge >= 0.3 is 0 Å². The zero-order valence-corrected chi connectivity index (χ0v) is 12.2. The van der Waals surface area contributed by atoms with Gasteiger partial charge < -0.3 is 16.3 Å². The summed E-state index contributed by atoms with van der Waals surface area (Å²) >= 11 is 0. The van der Waals surface area contributed by atoms with E-state index < -0.39 is 0 Å². The number of carbonyl (C=O) groups excluding carboxylic acids is 1. The maximum absolute atomic E-state index is 12.2. The Labute approximate surface area is 124 Å². The van der Waals surface area contributed by atoms with Crippen LogP contribution in [0.25, 0.3) is 0 Å². The van der Waals surface area contributed by atoms with Crippen molar-refractivity contribution in [2.75, 3.05) is 0 Å². The number of nitrogens with one attached hydrogen (secondary N) is 1. The Bertz CT molecular complexity index is 513. The maximum Gasteiger partial charge on any atom is 0.270 e. The van der Waals surface area contributed by atoms with E-state index >= 15 is 0 Å². The van der Waals surface area contributed by atoms with E-state index in [4.69, 9.17) is 10.9 Å². The van der Waals surface area contributed by atoms with Crippen molar-refractivity contribution in [1.29, 1.82) is 0 Å². The molecular weight excluding hydrogens is 268 g/mol. The second-order valence-electron chi connectivity index (χ2n) is 5.53. The first-order valence-electron chi connectivity index (χ1n) is 7.38. The van der Waals surface area contributed by atoms with E-state index in [1.807, 2.05) is 0 Å². The molecule has 0 aliphatic heterocycles. The van der Waals surface area contributed by atoms with Gasteiger partial charge in [0.15, 0.2) is 5.84 Å². The van der Waals surface area contributed by atoms with E-state index in [0.29, 0.717) is 17.2 Å². The summed E-state index contributed by atoms with van der Waals surface area (Å²) in [6.45, 7) is 2.20. The molecule has 1 aromatic rings. The lowest BCUT2D eigenvalue weighted by Crippen LogP contribution is -2.38. The Morgan fingerprint density at radius 1 is 1.52 bits per heavy atom. The van der Waals surface area contributed by atoms with Crippen LogP contribution in [0.3, 0.4) is 0 Å². The summed E-state index contributed by atoms with van der Waals surface area (Å²) in [4.78, 5) is 16.2. The monoisotopic (exact) mass is 290 g/mol. The highest BCUT2D eigenvalue weighted by Gasteiger charge is 2.22. The fourth-order valence-corrected chi connectivity index (χ4v) is 2.79. The van der Waals surface area contributed by atoms with E-state index in [2.05, 4.69) is 22.4 Å². The van der Waals surface area contributed by atoms with Crippen molar-refractivity contribution in [2.24, 2.45) is 16.8 Å². The number of hydrogen-bond acceptors (Lipinski definition) is 4. The number of rotatable bonds is 4. The Morgan fingerprint density at radius 2 is 2.33 bits per heavy atom. The Hall–Kier alpha value is -2.11. The molecule has 6 nitrogen and oxygen atoms in total. The number of carbonyl (C=O) groups is 1. The molecule has 0 saturated heterocycles. The smallest absolute Gasteiger partial charge is 0.270 e. The van der Waals surface area contributed by atoms with Gasteiger partial charge in [-0.25, -0.2) is 0 Å². The third-order valence-corrected chi connectivity index (χ3v) is 4.09. The third-order valence-electron chi connectivity index (χ3n) is 4.09. The van der Waals surface area contributed by atoms with Crippen LogP contribution < -0.4 is 11.1 Å². The largest absolute Gasteiger partial charge is 0.409 e. The highest BCUT2D eigenvalue weighted by Crippen LogP contribution is 2.26. The normalized spacial score (nSPS) is 22.8. The van der Waals surface area contributed by atoms with Gasteiger partial charge in [-0.05, 0) is 30.9 Å². The summed E-state index contributed by atoms with van der Waals surface area (Å²) in [5.74, 6) is 0.523. The summed E-state index contributed by atoms with van der Waals surface area (Å²) in [6.07, 6.45) is 7.10. The van der Waals surface area contributed by atoms with Gasteiger partial charge in [-0.2, -0.15) is 0 Å². The molecule has 0 aromatic carbocycles. The second kappa shape index (κ2) is 7.06. The van der Waals surface area contributed by atoms with Gasteiger partial charge in [0.25, 0.3) is 5.91 Å². The van der Waals surface area contributed by atoms with Crippen LogP contribution in [0, 0.1) is 5.92 Å². The molecule has 0 spiro atoms. The average molecular weight is 290 g/mol. The fourth-order valence-electron chi connectivity index (χ4n) is 2.79. The summed E-state index contributed by atoms with van der Waals surface area (Å²) in [5, 5.41) is 14.5. The Morgan fingerprint density at radius 3 is 2.95 bits per heavy atom. The van der Waals surface area contributed by atoms with Crippen LogP contribution in [0.15, 0.2) is 23.5 Å². The molecule has 1 saturated carbocycles. The lowest BCUT2D eigenvalue weighted by atomic mass is 9.84. The first kappa shape index (κ1) is 15.3. The van der Waals surface area contributed by atoms with E-state index in [1.165, 1.54) is 25.5 Å². The van der Waals surface area contributed by atoms with Crippen molar-refractivity contribution in [3.8, 4) is 0 Å². The van der Waals surface area contributed by atoms with Gasteiger partial charge in [0.2, 0.25) is 0 Å². The number of amides is 1. The topological polar surface area (TPSA) is 101 Å². The van der Waals surface area contributed by atoms with Crippen LogP contribution in [0.4, 0.5) is 0 Å². The molecular formula is C15H22N4O2. The number of oxime groups is 1. The average Bonchev–Trinajstić information content (AvgIpc) is 2.54. The molecule has 2 atom stereocenters. The molecule has 1 aliphatic carbocycles. The zero-order valence-electron chi connectivity index (χ0n) is 12.2. The fraction of sp³-hybridized carbons (Fsp3) is 0.533. The molecule has 21 heavy (non-hydrogen) atoms. The molecule has 2 rings (SSSR count). The summed E-state index contributed by atoms with van der Waals surface area (Å²) in [7, 11) is 0. The van der Waals surface area contributed by atoms with Crippen LogP contribution >= 0.6 is 0 Å². The maximum atomic E-state index is 12.2. The summed E-state index contributed by atoms with van der Waals surface area (Å²) < 4.78 is 0. The van der Waals surface area contributed by atoms with Crippen molar-refractivity contribution in [2.45, 2.75) is 45.1 Å². The van der Waals surface area contributed by atoms with Gasteiger partial charge in [-0.1, -0.05) is 31.3 Å². The SMILES string of the molecule is CCC1CCCC(NC(=O)c2ccc(C(N)=NO)cn2)C1. The minimum atomic E-state index is -0.164. The number of pyridine rings is 1. The van der Waals surface area contributed by atoms with E-state index in [0.717, 1.165) is 12.8 Å². The van der Waals surface area contributed by atoms with Gasteiger partial charge in [0.1, 0.15) is 5.69 Å². The van der Waals surface area contributed by atoms with Gasteiger partial charge in [0, 0.05) is 17.8 Å². The van der Waals surface area contributed by atoms with E-state index in [1.54, 1.807) is 12.1 Å². The number of nitrogens with two attached hydrogens (primary N) is 1. The molecule has 0 radical (unpaired) electrons. The van der Waals surface area contributed by atoms with Crippen molar-refractivity contribution < 1.29 is 10.0 Å². The predicted octanol–water partition coefficient (Wildman–Crippen LogP) is 1.87. The second-order valence-corrected chi connectivity index (χ2v) is 5.53. The molecule has 4 N–H and O–H groups in total. The van der Waals surface area contributed by atoms with Crippen molar-refractivity contribution >= 4 is 11.7 Å². The number of aromatic nitrogens is 1. The lowest BCUT2D eigenvalue weighted by Gasteiger charge is -2.28. The molecule has 0 bridgehead atoms. The van der Waals surface area contributed by atoms with Gasteiger partial charge in [-0.15, -0.1) is 0 Å². The van der Waals surface area contributed by atoms with Crippen molar-refractivity contribution in [1.82, 2.24) is 10.3 Å². The van der Waals surface area contributed by atoms with E-state index in [9.17, 15) is 4.79 Å². The highest BCUT2D eigenvalue weighted by atomic mass is 16.4. The van der Waals surface area contributed by atoms with Crippen LogP contribution in [0.5, 0.6) is 0 Å². The third kappa shape index (κ3) is 3.93. The standard InChI is InChI=1S/C15H22N4O2/c1-2-10-4-3-5-12(8-10)18-15(20)13-7-6-11(9-17-13)14(16)19-21/h6-7,9-10,12,21H,2-5,8H2,1H3,(H2,16,19)(H,18,20). The molecule has 2 unspecified atom stereocenters. The number of nitrogens with zero attached hydrogens (tertiary/aromatic N) is 2. The highest BCUT2D eigenvalue weighted by molar-refractivity contribution is 5.98. The molecule has 114 valence electrons. The summed E-state index contributed by atoms with van der Waals surface area (Å²) in [6, 6.07) is 3.44. The van der Waals surface area contributed by atoms with Crippen LogP contribution in [0.2, 0.25) is 0 Å². The van der Waals surface area contributed by atoms with Crippen LogP contribution in [0.1, 0.15) is 55.1 Å². The summed E-state index contributed by atoms with van der Waals surface area (Å²) in [5.41, 5.74) is 6.29. The first-order valence-corrected chi connectivity index (χ1v) is 7.38. The van der Waals surface area contributed by atoms with Gasteiger partial charge in [0.05, 0.1) is 0 Å². The van der Waals surface area contributed by atoms with E-state index in [-0.39, 0.29) is 17.8 Å². The lowest BCUT2D eigenvalue weighted by molar-refractivity contribution is 0.0914. The van der Waals surface area contributed by atoms with Gasteiger partial charge in [-0.3, -0.25) is 9.78 Å². The Kier molecular flexibility index (Phi) is 5.14. The first-order chi connectivity index (χ1) is 10.1. The zero-order chi connectivity index (χ0) is 15.2.